The minimum absolute atomic E-state index is 0.0821. The van der Waals surface area contributed by atoms with Crippen LogP contribution < -0.4 is 0 Å². The maximum Gasteiger partial charge on any atom is 0.158 e. The fourth-order valence-electron chi connectivity index (χ4n) is 7.24. The molecule has 3 aliphatic carbocycles. The van der Waals surface area contributed by atoms with Gasteiger partial charge in [-0.1, -0.05) is 13.0 Å². The van der Waals surface area contributed by atoms with Crippen LogP contribution in [0.4, 0.5) is 0 Å². The van der Waals surface area contributed by atoms with E-state index in [2.05, 4.69) is 13.0 Å². The molecule has 4 heteroatoms. The van der Waals surface area contributed by atoms with Crippen LogP contribution >= 0.6 is 0 Å². The number of ether oxygens (including phenoxy) is 1. The fraction of sp³-hybridized carbons (Fsp3) is 0.727. The van der Waals surface area contributed by atoms with Crippen molar-refractivity contribution in [2.24, 2.45) is 29.1 Å². The highest BCUT2D eigenvalue weighted by Gasteiger charge is 2.63. The molecule has 4 nitrogen and oxygen atoms in total. The molecule has 142 valence electrons. The van der Waals surface area contributed by atoms with E-state index in [1.165, 1.54) is 24.0 Å². The summed E-state index contributed by atoms with van der Waals surface area (Å²) in [5.41, 5.74) is 2.93. The second-order valence-electron chi connectivity index (χ2n) is 9.37. The molecule has 0 bridgehead atoms. The summed E-state index contributed by atoms with van der Waals surface area (Å²) in [6, 6.07) is 5.95. The number of aliphatic hydroxyl groups excluding tert-OH is 2. The molecule has 3 fully saturated rings. The van der Waals surface area contributed by atoms with E-state index in [0.29, 0.717) is 35.8 Å². The zero-order valence-electron chi connectivity index (χ0n) is 15.5. The van der Waals surface area contributed by atoms with E-state index < -0.39 is 6.29 Å². The second kappa shape index (κ2) is 5.95. The van der Waals surface area contributed by atoms with Gasteiger partial charge in [0.2, 0.25) is 0 Å². The van der Waals surface area contributed by atoms with E-state index in [1.54, 1.807) is 0 Å². The maximum atomic E-state index is 10.4. The number of aromatic hydroxyl groups is 1. The number of phenolic OH excluding ortho intramolecular Hbond substituents is 1. The van der Waals surface area contributed by atoms with Crippen LogP contribution in [0.2, 0.25) is 0 Å². The van der Waals surface area contributed by atoms with Crippen LogP contribution in [-0.4, -0.2) is 34.3 Å². The Balaban J connectivity index is 1.46. The van der Waals surface area contributed by atoms with Crippen molar-refractivity contribution in [1.82, 2.24) is 0 Å². The number of aryl methyl sites for hydroxylation is 1. The Bertz CT molecular complexity index is 703. The summed E-state index contributed by atoms with van der Waals surface area (Å²) < 4.78 is 6.10. The molecule has 0 aromatic heterocycles. The Kier molecular flexibility index (Phi) is 3.90. The molecule has 1 aromatic rings. The third-order valence-electron chi connectivity index (χ3n) is 8.38. The van der Waals surface area contributed by atoms with Gasteiger partial charge in [-0.05, 0) is 90.9 Å². The van der Waals surface area contributed by atoms with Crippen molar-refractivity contribution in [3.8, 4) is 5.75 Å². The van der Waals surface area contributed by atoms with Gasteiger partial charge in [-0.3, -0.25) is 0 Å². The van der Waals surface area contributed by atoms with Crippen molar-refractivity contribution in [3.05, 3.63) is 29.3 Å². The fourth-order valence-corrected chi connectivity index (χ4v) is 7.24. The van der Waals surface area contributed by atoms with E-state index in [0.717, 1.165) is 19.3 Å². The van der Waals surface area contributed by atoms with Gasteiger partial charge in [-0.15, -0.1) is 0 Å². The lowest BCUT2D eigenvalue weighted by Gasteiger charge is -2.50. The van der Waals surface area contributed by atoms with Crippen molar-refractivity contribution in [3.63, 3.8) is 0 Å². The first-order chi connectivity index (χ1) is 12.5. The number of aliphatic hydroxyl groups is 2. The maximum absolute atomic E-state index is 10.4. The standard InChI is InChI=1S/C22H30O4/c1-22-8-6-15-14-5-3-13(24)10-12(14)2-4-16(15)19(22)11-18-17(7-9-23)21(25)26-20(18)22/h3,5,10,15-21,23-25H,2,4,6-9,11H2,1H3/t15-,16-,17-,18-,19+,20?,21?,22+/m1/s1. The summed E-state index contributed by atoms with van der Waals surface area (Å²) in [7, 11) is 0. The Labute approximate surface area is 155 Å². The Morgan fingerprint density at radius 3 is 2.88 bits per heavy atom. The zero-order chi connectivity index (χ0) is 18.1. The van der Waals surface area contributed by atoms with Crippen LogP contribution in [0.15, 0.2) is 18.2 Å². The van der Waals surface area contributed by atoms with Crippen LogP contribution in [0.3, 0.4) is 0 Å². The van der Waals surface area contributed by atoms with Gasteiger partial charge in [0.25, 0.3) is 0 Å². The summed E-state index contributed by atoms with van der Waals surface area (Å²) in [6.07, 6.45) is 5.74. The van der Waals surface area contributed by atoms with E-state index in [-0.39, 0.29) is 24.0 Å². The SMILES string of the molecule is C[C@]12CC[C@@H]3c4ccc(O)cc4CC[C@H]3[C@@H]1C[C@H]1C2OC(O)[C@@H]1CCO. The predicted octanol–water partition coefficient (Wildman–Crippen LogP) is 3.19. The molecule has 1 heterocycles. The van der Waals surface area contributed by atoms with Crippen LogP contribution in [-0.2, 0) is 11.2 Å². The highest BCUT2D eigenvalue weighted by atomic mass is 16.6. The molecule has 2 saturated carbocycles. The van der Waals surface area contributed by atoms with Crippen molar-refractivity contribution < 1.29 is 20.1 Å². The summed E-state index contributed by atoms with van der Waals surface area (Å²) >= 11 is 0. The average molecular weight is 358 g/mol. The van der Waals surface area contributed by atoms with Gasteiger partial charge in [0.15, 0.2) is 6.29 Å². The molecule has 4 aliphatic rings. The lowest BCUT2D eigenvalue weighted by atomic mass is 9.55. The molecule has 1 saturated heterocycles. The molecule has 0 spiro atoms. The average Bonchev–Trinajstić information content (AvgIpc) is 3.09. The largest absolute Gasteiger partial charge is 0.508 e. The molecular formula is C22H30O4. The van der Waals surface area contributed by atoms with Crippen LogP contribution in [0.25, 0.3) is 0 Å². The number of hydrogen-bond acceptors (Lipinski definition) is 4. The molecule has 8 atom stereocenters. The van der Waals surface area contributed by atoms with Gasteiger partial charge < -0.3 is 20.1 Å². The van der Waals surface area contributed by atoms with E-state index in [1.807, 2.05) is 12.1 Å². The van der Waals surface area contributed by atoms with Gasteiger partial charge in [0.05, 0.1) is 6.10 Å². The number of phenols is 1. The lowest BCUT2D eigenvalue weighted by Crippen LogP contribution is -2.44. The molecule has 2 unspecified atom stereocenters. The highest BCUT2D eigenvalue weighted by Crippen LogP contribution is 2.66. The Morgan fingerprint density at radius 2 is 2.08 bits per heavy atom. The van der Waals surface area contributed by atoms with Crippen LogP contribution in [0.5, 0.6) is 5.75 Å². The Morgan fingerprint density at radius 1 is 1.23 bits per heavy atom. The van der Waals surface area contributed by atoms with Crippen LogP contribution in [0.1, 0.15) is 56.1 Å². The first-order valence-corrected chi connectivity index (χ1v) is 10.3. The smallest absolute Gasteiger partial charge is 0.158 e. The topological polar surface area (TPSA) is 69.9 Å². The molecule has 1 aromatic carbocycles. The molecule has 0 radical (unpaired) electrons. The van der Waals surface area contributed by atoms with E-state index in [4.69, 9.17) is 4.74 Å². The third kappa shape index (κ3) is 2.25. The van der Waals surface area contributed by atoms with E-state index >= 15 is 0 Å². The second-order valence-corrected chi connectivity index (χ2v) is 9.37. The molecule has 5 rings (SSSR count). The first kappa shape index (κ1) is 17.0. The summed E-state index contributed by atoms with van der Waals surface area (Å²) in [5.74, 6) is 2.74. The number of hydrogen-bond donors (Lipinski definition) is 3. The van der Waals surface area contributed by atoms with Crippen LogP contribution in [0, 0.1) is 29.1 Å². The summed E-state index contributed by atoms with van der Waals surface area (Å²) in [6.45, 7) is 2.51. The number of benzene rings is 1. The number of rotatable bonds is 2. The lowest BCUT2D eigenvalue weighted by molar-refractivity contribution is -0.152. The monoisotopic (exact) mass is 358 g/mol. The van der Waals surface area contributed by atoms with Gasteiger partial charge in [-0.25, -0.2) is 0 Å². The normalized spacial score (nSPS) is 46.3. The van der Waals surface area contributed by atoms with Crippen molar-refractivity contribution in [2.75, 3.05) is 6.61 Å². The molecule has 3 N–H and O–H groups in total. The third-order valence-corrected chi connectivity index (χ3v) is 8.38. The first-order valence-electron chi connectivity index (χ1n) is 10.3. The minimum atomic E-state index is -0.706. The summed E-state index contributed by atoms with van der Waals surface area (Å²) in [4.78, 5) is 0. The van der Waals surface area contributed by atoms with Crippen molar-refractivity contribution >= 4 is 0 Å². The summed E-state index contributed by atoms with van der Waals surface area (Å²) in [5, 5.41) is 29.6. The molecule has 1 aliphatic heterocycles. The quantitative estimate of drug-likeness (QED) is 0.759. The van der Waals surface area contributed by atoms with Gasteiger partial charge in [0, 0.05) is 12.5 Å². The molecule has 26 heavy (non-hydrogen) atoms. The molecular weight excluding hydrogens is 328 g/mol. The van der Waals surface area contributed by atoms with Gasteiger partial charge >= 0.3 is 0 Å². The van der Waals surface area contributed by atoms with Crippen molar-refractivity contribution in [1.29, 1.82) is 0 Å². The van der Waals surface area contributed by atoms with Gasteiger partial charge in [0.1, 0.15) is 5.75 Å². The van der Waals surface area contributed by atoms with Gasteiger partial charge in [-0.2, -0.15) is 0 Å². The van der Waals surface area contributed by atoms with Crippen molar-refractivity contribution in [2.45, 2.75) is 63.8 Å². The highest BCUT2D eigenvalue weighted by molar-refractivity contribution is 5.40. The minimum Gasteiger partial charge on any atom is -0.508 e. The number of fused-ring (bicyclic) bond motifs is 7. The Hall–Kier alpha value is -1.10. The van der Waals surface area contributed by atoms with E-state index in [9.17, 15) is 15.3 Å². The molecule has 0 amide bonds. The zero-order valence-corrected chi connectivity index (χ0v) is 15.5. The predicted molar refractivity (Wildman–Crippen MR) is 97.7 cm³/mol.